The second-order valence-corrected chi connectivity index (χ2v) is 8.75. The molecule has 35 heavy (non-hydrogen) atoms. The molecule has 8 heteroatoms. The molecule has 4 rings (SSSR count). The highest BCUT2D eigenvalue weighted by Gasteiger charge is 2.34. The summed E-state index contributed by atoms with van der Waals surface area (Å²) >= 11 is 1.45. The molecule has 2 heterocycles. The van der Waals surface area contributed by atoms with E-state index in [1.165, 1.54) is 34.6 Å². The van der Waals surface area contributed by atoms with E-state index in [0.717, 1.165) is 10.4 Å². The van der Waals surface area contributed by atoms with Crippen LogP contribution in [-0.4, -0.2) is 23.9 Å². The Bertz CT molecular complexity index is 1260. The maximum absolute atomic E-state index is 15.0. The van der Waals surface area contributed by atoms with Crippen LogP contribution in [0, 0.1) is 5.82 Å². The molecule has 0 aliphatic carbocycles. The van der Waals surface area contributed by atoms with Crippen molar-refractivity contribution in [3.05, 3.63) is 112 Å². The van der Waals surface area contributed by atoms with Gasteiger partial charge in [0.25, 0.3) is 0 Å². The van der Waals surface area contributed by atoms with Crippen LogP contribution in [0.4, 0.5) is 10.1 Å². The summed E-state index contributed by atoms with van der Waals surface area (Å²) in [6.07, 6.45) is 3.15. The number of nitrogens with zero attached hydrogens (tertiary/aromatic N) is 2. The molecular formula is C27H24FN3O3S. The van der Waals surface area contributed by atoms with E-state index in [0.29, 0.717) is 11.4 Å². The van der Waals surface area contributed by atoms with Crippen molar-refractivity contribution in [3.63, 3.8) is 0 Å². The second kappa shape index (κ2) is 11.4. The zero-order valence-corrected chi connectivity index (χ0v) is 19.9. The normalized spacial score (nSPS) is 11.5. The maximum atomic E-state index is 15.0. The predicted octanol–water partition coefficient (Wildman–Crippen LogP) is 4.92. The minimum atomic E-state index is -1.23. The van der Waals surface area contributed by atoms with Gasteiger partial charge in [-0.1, -0.05) is 36.4 Å². The number of aromatic nitrogens is 1. The molecule has 0 bridgehead atoms. The van der Waals surface area contributed by atoms with E-state index in [-0.39, 0.29) is 24.4 Å². The summed E-state index contributed by atoms with van der Waals surface area (Å²) < 4.78 is 20.2. The van der Waals surface area contributed by atoms with Gasteiger partial charge in [-0.2, -0.15) is 0 Å². The van der Waals surface area contributed by atoms with Gasteiger partial charge in [-0.05, 0) is 47.3 Å². The molecule has 0 aliphatic rings. The Morgan fingerprint density at radius 3 is 2.51 bits per heavy atom. The lowest BCUT2D eigenvalue weighted by Gasteiger charge is -2.31. The van der Waals surface area contributed by atoms with Gasteiger partial charge in [0.05, 0.1) is 25.4 Å². The van der Waals surface area contributed by atoms with E-state index in [2.05, 4.69) is 10.3 Å². The number of halogens is 1. The third kappa shape index (κ3) is 5.91. The van der Waals surface area contributed by atoms with Gasteiger partial charge in [0.1, 0.15) is 17.6 Å². The molecule has 4 aromatic rings. The van der Waals surface area contributed by atoms with Crippen LogP contribution in [0.2, 0.25) is 0 Å². The van der Waals surface area contributed by atoms with Crippen LogP contribution in [-0.2, 0) is 22.6 Å². The summed E-state index contributed by atoms with van der Waals surface area (Å²) in [5, 5.41) is 4.75. The average Bonchev–Trinajstić information content (AvgIpc) is 3.40. The third-order valence-corrected chi connectivity index (χ3v) is 6.31. The molecule has 2 amide bonds. The van der Waals surface area contributed by atoms with Crippen molar-refractivity contribution in [1.29, 1.82) is 0 Å². The molecule has 0 spiro atoms. The number of benzene rings is 2. The molecule has 0 fully saturated rings. The van der Waals surface area contributed by atoms with Crippen LogP contribution >= 0.6 is 11.3 Å². The van der Waals surface area contributed by atoms with E-state index < -0.39 is 17.8 Å². The Balaban J connectivity index is 1.69. The quantitative estimate of drug-likeness (QED) is 0.362. The van der Waals surface area contributed by atoms with Crippen LogP contribution in [0.1, 0.15) is 22.0 Å². The molecule has 6 nitrogen and oxygen atoms in total. The summed E-state index contributed by atoms with van der Waals surface area (Å²) in [4.78, 5) is 33.5. The molecule has 1 N–H and O–H groups in total. The number of carbonyl (C=O) groups is 2. The van der Waals surface area contributed by atoms with Crippen molar-refractivity contribution in [1.82, 2.24) is 10.3 Å². The largest absolute Gasteiger partial charge is 0.497 e. The van der Waals surface area contributed by atoms with Gasteiger partial charge in [0.15, 0.2) is 0 Å². The van der Waals surface area contributed by atoms with E-state index in [1.807, 2.05) is 29.6 Å². The molecule has 1 atom stereocenters. The van der Waals surface area contributed by atoms with Crippen molar-refractivity contribution in [2.75, 3.05) is 12.0 Å². The van der Waals surface area contributed by atoms with Crippen LogP contribution in [0.25, 0.3) is 0 Å². The summed E-state index contributed by atoms with van der Waals surface area (Å²) in [6, 6.07) is 19.1. The zero-order valence-electron chi connectivity index (χ0n) is 19.1. The van der Waals surface area contributed by atoms with Gasteiger partial charge in [-0.3, -0.25) is 19.5 Å². The zero-order chi connectivity index (χ0) is 24.6. The predicted molar refractivity (Wildman–Crippen MR) is 134 cm³/mol. The summed E-state index contributed by atoms with van der Waals surface area (Å²) in [7, 11) is 1.58. The number of methoxy groups -OCH3 is 1. The SMILES string of the molecule is COc1ccc(CNC(=O)[C@H](c2ccccc2F)N(C(=O)Cc2cccs2)c2cccnc2)cc1. The summed E-state index contributed by atoms with van der Waals surface area (Å²) in [6.45, 7) is 0.202. The highest BCUT2D eigenvalue weighted by molar-refractivity contribution is 7.10. The van der Waals surface area contributed by atoms with E-state index in [9.17, 15) is 9.59 Å². The van der Waals surface area contributed by atoms with Gasteiger partial charge in [-0.15, -0.1) is 11.3 Å². The van der Waals surface area contributed by atoms with Crippen molar-refractivity contribution < 1.29 is 18.7 Å². The number of amides is 2. The van der Waals surface area contributed by atoms with Crippen LogP contribution in [0.15, 0.2) is 90.6 Å². The molecular weight excluding hydrogens is 465 g/mol. The third-order valence-electron chi connectivity index (χ3n) is 5.43. The fourth-order valence-electron chi connectivity index (χ4n) is 3.70. The summed E-state index contributed by atoms with van der Waals surface area (Å²) in [5.41, 5.74) is 1.34. The van der Waals surface area contributed by atoms with Crippen LogP contribution in [0.5, 0.6) is 5.75 Å². The first kappa shape index (κ1) is 24.1. The highest BCUT2D eigenvalue weighted by Crippen LogP contribution is 2.30. The Hall–Kier alpha value is -4.04. The fraction of sp³-hybridized carbons (Fsp3) is 0.148. The maximum Gasteiger partial charge on any atom is 0.248 e. The molecule has 0 radical (unpaired) electrons. The Morgan fingerprint density at radius 2 is 1.86 bits per heavy atom. The number of ether oxygens (including phenoxy) is 1. The minimum absolute atomic E-state index is 0.0727. The molecule has 178 valence electrons. The van der Waals surface area contributed by atoms with Gasteiger partial charge < -0.3 is 10.1 Å². The number of nitrogens with one attached hydrogen (secondary N) is 1. The lowest BCUT2D eigenvalue weighted by Crippen LogP contribution is -2.44. The monoisotopic (exact) mass is 489 g/mol. The van der Waals surface area contributed by atoms with Crippen molar-refractivity contribution >= 4 is 28.8 Å². The van der Waals surface area contributed by atoms with Gasteiger partial charge in [0.2, 0.25) is 11.8 Å². The van der Waals surface area contributed by atoms with Gasteiger partial charge in [0, 0.05) is 23.2 Å². The topological polar surface area (TPSA) is 71.5 Å². The van der Waals surface area contributed by atoms with Crippen LogP contribution in [0.3, 0.4) is 0 Å². The Morgan fingerprint density at radius 1 is 1.06 bits per heavy atom. The smallest absolute Gasteiger partial charge is 0.248 e. The lowest BCUT2D eigenvalue weighted by atomic mass is 10.0. The number of anilines is 1. The number of thiophene rings is 1. The summed E-state index contributed by atoms with van der Waals surface area (Å²) in [5.74, 6) is -0.719. The molecule has 0 aliphatic heterocycles. The molecule has 0 unspecified atom stereocenters. The number of pyridine rings is 1. The van der Waals surface area contributed by atoms with E-state index in [4.69, 9.17) is 4.74 Å². The van der Waals surface area contributed by atoms with Crippen molar-refractivity contribution in [2.45, 2.75) is 19.0 Å². The number of carbonyl (C=O) groups excluding carboxylic acids is 2. The Kier molecular flexibility index (Phi) is 7.84. The Labute approximate surface area is 207 Å². The van der Waals surface area contributed by atoms with Gasteiger partial charge in [-0.25, -0.2) is 4.39 Å². The first-order valence-corrected chi connectivity index (χ1v) is 11.8. The number of rotatable bonds is 9. The molecule has 0 saturated heterocycles. The molecule has 2 aromatic carbocycles. The number of hydrogen-bond acceptors (Lipinski definition) is 5. The highest BCUT2D eigenvalue weighted by atomic mass is 32.1. The van der Waals surface area contributed by atoms with E-state index in [1.54, 1.807) is 49.7 Å². The standard InChI is InChI=1S/C27H24FN3O3S/c1-34-21-12-10-19(11-13-21)17-30-27(33)26(23-8-2-3-9-24(23)28)31(20-6-4-14-29-18-20)25(32)16-22-7-5-15-35-22/h2-15,18,26H,16-17H2,1H3,(H,30,33)/t26-/m0/s1. The molecule has 0 saturated carbocycles. The second-order valence-electron chi connectivity index (χ2n) is 7.72. The lowest BCUT2D eigenvalue weighted by molar-refractivity contribution is -0.126. The number of hydrogen-bond donors (Lipinski definition) is 1. The molecule has 2 aromatic heterocycles. The van der Waals surface area contributed by atoms with E-state index >= 15 is 4.39 Å². The fourth-order valence-corrected chi connectivity index (χ4v) is 4.40. The van der Waals surface area contributed by atoms with Crippen LogP contribution < -0.4 is 15.0 Å². The first-order chi connectivity index (χ1) is 17.1. The average molecular weight is 490 g/mol. The minimum Gasteiger partial charge on any atom is -0.497 e. The first-order valence-electron chi connectivity index (χ1n) is 11.0. The van der Waals surface area contributed by atoms with Gasteiger partial charge >= 0.3 is 0 Å². The van der Waals surface area contributed by atoms with Crippen molar-refractivity contribution in [2.24, 2.45) is 0 Å². The van der Waals surface area contributed by atoms with Crippen molar-refractivity contribution in [3.8, 4) is 5.75 Å².